The molecule has 1 aromatic rings. The molecule has 0 amide bonds. The quantitative estimate of drug-likeness (QED) is 0.521. The van der Waals surface area contributed by atoms with Crippen LogP contribution in [0.25, 0.3) is 0 Å². The Morgan fingerprint density at radius 3 is 2.75 bits per heavy atom. The van der Waals surface area contributed by atoms with Crippen molar-refractivity contribution >= 4 is 17.8 Å². The normalized spacial score (nSPS) is 10.5. The van der Waals surface area contributed by atoms with E-state index in [9.17, 15) is 0 Å². The third kappa shape index (κ3) is 2.57. The predicted octanol–water partition coefficient (Wildman–Crippen LogP) is 0.885. The highest BCUT2D eigenvalue weighted by Crippen LogP contribution is 2.08. The lowest BCUT2D eigenvalue weighted by atomic mass is 10.4. The molecule has 4 nitrogen and oxygen atoms in total. The molecule has 0 aliphatic rings. The van der Waals surface area contributed by atoms with Crippen LogP contribution in [0.1, 0.15) is 0 Å². The molecule has 0 atom stereocenters. The van der Waals surface area contributed by atoms with E-state index >= 15 is 0 Å². The molecule has 64 valence electrons. The standard InChI is InChI=1S/C8H12N4/c1-12(2)6-11-8-4-3-7(9)5-10-8/h3-6H,9H2,1-2H3. The van der Waals surface area contributed by atoms with E-state index in [1.54, 1.807) is 24.7 Å². The summed E-state index contributed by atoms with van der Waals surface area (Å²) in [4.78, 5) is 9.93. The number of hydrogen-bond donors (Lipinski definition) is 1. The molecule has 0 aromatic carbocycles. The molecule has 1 rings (SSSR count). The smallest absolute Gasteiger partial charge is 0.153 e. The maximum atomic E-state index is 5.46. The zero-order valence-corrected chi connectivity index (χ0v) is 7.23. The Bertz CT molecular complexity index is 263. The summed E-state index contributed by atoms with van der Waals surface area (Å²) in [6, 6.07) is 3.55. The number of aromatic nitrogens is 1. The predicted molar refractivity (Wildman–Crippen MR) is 50.5 cm³/mol. The second-order valence-corrected chi connectivity index (χ2v) is 2.66. The van der Waals surface area contributed by atoms with Crippen molar-refractivity contribution in [2.75, 3.05) is 19.8 Å². The summed E-state index contributed by atoms with van der Waals surface area (Å²) in [6.45, 7) is 0. The topological polar surface area (TPSA) is 54.5 Å². The van der Waals surface area contributed by atoms with E-state index in [2.05, 4.69) is 9.98 Å². The van der Waals surface area contributed by atoms with Crippen LogP contribution >= 0.6 is 0 Å². The van der Waals surface area contributed by atoms with Crippen LogP contribution in [0.2, 0.25) is 0 Å². The molecule has 0 bridgehead atoms. The molecular weight excluding hydrogens is 152 g/mol. The van der Waals surface area contributed by atoms with Crippen molar-refractivity contribution in [2.24, 2.45) is 4.99 Å². The summed E-state index contributed by atoms with van der Waals surface area (Å²) in [5.41, 5.74) is 6.11. The highest BCUT2D eigenvalue weighted by molar-refractivity contribution is 5.59. The molecule has 1 heterocycles. The third-order valence-electron chi connectivity index (χ3n) is 1.19. The van der Waals surface area contributed by atoms with Crippen molar-refractivity contribution in [3.8, 4) is 0 Å². The van der Waals surface area contributed by atoms with Gasteiger partial charge < -0.3 is 10.6 Å². The van der Waals surface area contributed by atoms with Crippen LogP contribution in [0.5, 0.6) is 0 Å². The van der Waals surface area contributed by atoms with Crippen LogP contribution in [0.3, 0.4) is 0 Å². The van der Waals surface area contributed by atoms with E-state index in [0.717, 1.165) is 0 Å². The SMILES string of the molecule is CN(C)C=Nc1ccc(N)cn1. The van der Waals surface area contributed by atoms with Crippen LogP contribution in [0.15, 0.2) is 23.3 Å². The molecular formula is C8H12N4. The summed E-state index contributed by atoms with van der Waals surface area (Å²) >= 11 is 0. The Hall–Kier alpha value is -1.58. The highest BCUT2D eigenvalue weighted by Gasteiger charge is 1.88. The van der Waals surface area contributed by atoms with E-state index < -0.39 is 0 Å². The molecule has 0 aliphatic carbocycles. The second kappa shape index (κ2) is 3.71. The van der Waals surface area contributed by atoms with Gasteiger partial charge in [-0.05, 0) is 12.1 Å². The number of anilines is 1. The molecule has 0 unspecified atom stereocenters. The van der Waals surface area contributed by atoms with Crippen LogP contribution in [-0.4, -0.2) is 30.3 Å². The molecule has 0 saturated heterocycles. The van der Waals surface area contributed by atoms with Gasteiger partial charge in [0.05, 0.1) is 18.2 Å². The van der Waals surface area contributed by atoms with E-state index in [0.29, 0.717) is 11.5 Å². The molecule has 0 fully saturated rings. The lowest BCUT2D eigenvalue weighted by molar-refractivity contribution is 0.643. The highest BCUT2D eigenvalue weighted by atomic mass is 15.1. The average Bonchev–Trinajstić information content (AvgIpc) is 2.03. The van der Waals surface area contributed by atoms with Gasteiger partial charge in [0.2, 0.25) is 0 Å². The Balaban J connectivity index is 2.71. The van der Waals surface area contributed by atoms with E-state index in [4.69, 9.17) is 5.73 Å². The minimum Gasteiger partial charge on any atom is -0.397 e. The Morgan fingerprint density at radius 1 is 1.50 bits per heavy atom. The van der Waals surface area contributed by atoms with Crippen molar-refractivity contribution in [3.05, 3.63) is 18.3 Å². The summed E-state index contributed by atoms with van der Waals surface area (Å²) < 4.78 is 0. The van der Waals surface area contributed by atoms with Crippen LogP contribution in [-0.2, 0) is 0 Å². The van der Waals surface area contributed by atoms with Gasteiger partial charge in [-0.25, -0.2) is 9.98 Å². The number of nitrogens with two attached hydrogens (primary N) is 1. The van der Waals surface area contributed by atoms with Gasteiger partial charge in [-0.3, -0.25) is 0 Å². The average molecular weight is 164 g/mol. The summed E-state index contributed by atoms with van der Waals surface area (Å²) in [5.74, 6) is 0.665. The van der Waals surface area contributed by atoms with Crippen LogP contribution in [0.4, 0.5) is 11.5 Å². The van der Waals surface area contributed by atoms with Crippen molar-refractivity contribution < 1.29 is 0 Å². The molecule has 0 spiro atoms. The zero-order chi connectivity index (χ0) is 8.97. The van der Waals surface area contributed by atoms with Gasteiger partial charge in [0.15, 0.2) is 5.82 Å². The van der Waals surface area contributed by atoms with Gasteiger partial charge >= 0.3 is 0 Å². The number of nitrogens with zero attached hydrogens (tertiary/aromatic N) is 3. The Labute approximate surface area is 71.7 Å². The van der Waals surface area contributed by atoms with E-state index in [-0.39, 0.29) is 0 Å². The first kappa shape index (κ1) is 8.52. The molecule has 2 N–H and O–H groups in total. The molecule has 0 aliphatic heterocycles. The Kier molecular flexibility index (Phi) is 2.63. The minimum absolute atomic E-state index is 0.652. The van der Waals surface area contributed by atoms with Gasteiger partial charge in [0.1, 0.15) is 0 Å². The lowest BCUT2D eigenvalue weighted by Crippen LogP contribution is -2.07. The van der Waals surface area contributed by atoms with Gasteiger partial charge in [-0.2, -0.15) is 0 Å². The number of hydrogen-bond acceptors (Lipinski definition) is 3. The molecule has 12 heavy (non-hydrogen) atoms. The first-order valence-corrected chi connectivity index (χ1v) is 3.60. The first-order valence-electron chi connectivity index (χ1n) is 3.60. The van der Waals surface area contributed by atoms with Gasteiger partial charge in [0.25, 0.3) is 0 Å². The largest absolute Gasteiger partial charge is 0.397 e. The number of nitrogen functional groups attached to an aromatic ring is 1. The van der Waals surface area contributed by atoms with Crippen molar-refractivity contribution in [1.82, 2.24) is 9.88 Å². The maximum absolute atomic E-state index is 5.46. The fourth-order valence-electron chi connectivity index (χ4n) is 0.648. The fourth-order valence-corrected chi connectivity index (χ4v) is 0.648. The lowest BCUT2D eigenvalue weighted by Gasteiger charge is -2.01. The van der Waals surface area contributed by atoms with Crippen molar-refractivity contribution in [3.63, 3.8) is 0 Å². The monoisotopic (exact) mass is 164 g/mol. The number of pyridine rings is 1. The van der Waals surface area contributed by atoms with E-state index in [1.807, 2.05) is 19.0 Å². The molecule has 0 radical (unpaired) electrons. The fraction of sp³-hybridized carbons (Fsp3) is 0.250. The van der Waals surface area contributed by atoms with Gasteiger partial charge in [-0.1, -0.05) is 0 Å². The molecule has 4 heteroatoms. The first-order chi connectivity index (χ1) is 5.68. The van der Waals surface area contributed by atoms with Gasteiger partial charge in [-0.15, -0.1) is 0 Å². The van der Waals surface area contributed by atoms with Crippen molar-refractivity contribution in [1.29, 1.82) is 0 Å². The summed E-state index contributed by atoms with van der Waals surface area (Å²) in [5, 5.41) is 0. The molecule has 1 aromatic heterocycles. The van der Waals surface area contributed by atoms with Gasteiger partial charge in [0, 0.05) is 14.1 Å². The number of aliphatic imine (C=N–C) groups is 1. The number of rotatable bonds is 2. The second-order valence-electron chi connectivity index (χ2n) is 2.66. The molecule has 0 saturated carbocycles. The van der Waals surface area contributed by atoms with Crippen molar-refractivity contribution in [2.45, 2.75) is 0 Å². The summed E-state index contributed by atoms with van der Waals surface area (Å²) in [6.07, 6.45) is 3.28. The van der Waals surface area contributed by atoms with E-state index in [1.165, 1.54) is 0 Å². The minimum atomic E-state index is 0.652. The summed E-state index contributed by atoms with van der Waals surface area (Å²) in [7, 11) is 3.81. The maximum Gasteiger partial charge on any atom is 0.153 e. The third-order valence-corrected chi connectivity index (χ3v) is 1.19. The van der Waals surface area contributed by atoms with Crippen LogP contribution in [0, 0.1) is 0 Å². The zero-order valence-electron chi connectivity index (χ0n) is 7.23. The van der Waals surface area contributed by atoms with Crippen LogP contribution < -0.4 is 5.73 Å². The Morgan fingerprint density at radius 2 is 2.25 bits per heavy atom.